The highest BCUT2D eigenvalue weighted by Gasteiger charge is 2.04. The van der Waals surface area contributed by atoms with E-state index in [-0.39, 0.29) is 12.5 Å². The van der Waals surface area contributed by atoms with Crippen molar-refractivity contribution in [3.8, 4) is 5.75 Å². The molecule has 0 bridgehead atoms. The average Bonchev–Trinajstić information content (AvgIpc) is 2.34. The van der Waals surface area contributed by atoms with Gasteiger partial charge < -0.3 is 15.4 Å². The van der Waals surface area contributed by atoms with E-state index in [1.807, 2.05) is 6.92 Å². The van der Waals surface area contributed by atoms with E-state index in [1.165, 1.54) is 0 Å². The van der Waals surface area contributed by atoms with Crippen LogP contribution in [0, 0.1) is 0 Å². The van der Waals surface area contributed by atoms with Crippen molar-refractivity contribution in [2.75, 3.05) is 25.5 Å². The Hall–Kier alpha value is -1.78. The van der Waals surface area contributed by atoms with Crippen molar-refractivity contribution in [3.05, 3.63) is 18.3 Å². The molecule has 0 saturated heterocycles. The highest BCUT2D eigenvalue weighted by Crippen LogP contribution is 2.19. The summed E-state index contributed by atoms with van der Waals surface area (Å²) in [4.78, 5) is 15.4. The number of nitrogens with zero attached hydrogens (tertiary/aromatic N) is 1. The van der Waals surface area contributed by atoms with Gasteiger partial charge >= 0.3 is 0 Å². The summed E-state index contributed by atoms with van der Waals surface area (Å²) >= 11 is 0. The van der Waals surface area contributed by atoms with Crippen molar-refractivity contribution in [1.82, 2.24) is 10.3 Å². The predicted octanol–water partition coefficient (Wildman–Crippen LogP) is 1.03. The Balaban J connectivity index is 2.44. The summed E-state index contributed by atoms with van der Waals surface area (Å²) in [6.45, 7) is 2.91. The lowest BCUT2D eigenvalue weighted by molar-refractivity contribution is -0.119. The van der Waals surface area contributed by atoms with E-state index in [0.29, 0.717) is 18.1 Å². The first-order valence-corrected chi connectivity index (χ1v) is 5.27. The molecule has 0 radical (unpaired) electrons. The monoisotopic (exact) mass is 223 g/mol. The summed E-state index contributed by atoms with van der Waals surface area (Å²) in [6.07, 6.45) is 2.58. The SMILES string of the molecule is CCCNC(=O)CNc1ncccc1OC. The minimum absolute atomic E-state index is 0.0467. The fourth-order valence-electron chi connectivity index (χ4n) is 1.18. The Morgan fingerprint density at radius 1 is 1.56 bits per heavy atom. The van der Waals surface area contributed by atoms with Crippen LogP contribution in [0.15, 0.2) is 18.3 Å². The molecule has 0 fully saturated rings. The van der Waals surface area contributed by atoms with Crippen LogP contribution in [0.5, 0.6) is 5.75 Å². The number of amides is 1. The number of ether oxygens (including phenoxy) is 1. The molecular weight excluding hydrogens is 206 g/mol. The molecule has 1 heterocycles. The van der Waals surface area contributed by atoms with Crippen molar-refractivity contribution in [2.24, 2.45) is 0 Å². The summed E-state index contributed by atoms with van der Waals surface area (Å²) in [6, 6.07) is 3.57. The molecule has 88 valence electrons. The zero-order valence-corrected chi connectivity index (χ0v) is 9.62. The smallest absolute Gasteiger partial charge is 0.239 e. The van der Waals surface area contributed by atoms with E-state index in [4.69, 9.17) is 4.74 Å². The van der Waals surface area contributed by atoms with Gasteiger partial charge in [-0.05, 0) is 18.6 Å². The number of rotatable bonds is 6. The first-order chi connectivity index (χ1) is 7.77. The summed E-state index contributed by atoms with van der Waals surface area (Å²) in [7, 11) is 1.57. The molecular formula is C11H17N3O2. The molecule has 2 N–H and O–H groups in total. The topological polar surface area (TPSA) is 63.2 Å². The number of pyridine rings is 1. The van der Waals surface area contributed by atoms with Crippen LogP contribution in [0.25, 0.3) is 0 Å². The van der Waals surface area contributed by atoms with E-state index in [2.05, 4.69) is 15.6 Å². The summed E-state index contributed by atoms with van der Waals surface area (Å²) < 4.78 is 5.10. The predicted molar refractivity (Wildman–Crippen MR) is 62.6 cm³/mol. The molecule has 0 aromatic carbocycles. The van der Waals surface area contributed by atoms with Crippen LogP contribution in [0.3, 0.4) is 0 Å². The van der Waals surface area contributed by atoms with Gasteiger partial charge in [0.25, 0.3) is 0 Å². The van der Waals surface area contributed by atoms with Gasteiger partial charge in [-0.2, -0.15) is 0 Å². The normalized spacial score (nSPS) is 9.62. The number of hydrogen-bond donors (Lipinski definition) is 2. The number of carbonyl (C=O) groups excluding carboxylic acids is 1. The molecule has 5 nitrogen and oxygen atoms in total. The Labute approximate surface area is 95.2 Å². The molecule has 1 aromatic rings. The third kappa shape index (κ3) is 3.76. The Morgan fingerprint density at radius 3 is 3.06 bits per heavy atom. The highest BCUT2D eigenvalue weighted by molar-refractivity contribution is 5.80. The average molecular weight is 223 g/mol. The van der Waals surface area contributed by atoms with Crippen LogP contribution in [-0.4, -0.2) is 31.1 Å². The molecule has 0 aliphatic heterocycles. The molecule has 1 rings (SSSR count). The van der Waals surface area contributed by atoms with Crippen LogP contribution in [0.4, 0.5) is 5.82 Å². The molecule has 0 saturated carbocycles. The van der Waals surface area contributed by atoms with Gasteiger partial charge in [0.1, 0.15) is 0 Å². The summed E-state index contributed by atoms with van der Waals surface area (Å²) in [5.74, 6) is 1.16. The second kappa shape index (κ2) is 6.66. The van der Waals surface area contributed by atoms with Gasteiger partial charge in [0.15, 0.2) is 11.6 Å². The van der Waals surface area contributed by atoms with Gasteiger partial charge in [-0.25, -0.2) is 4.98 Å². The minimum atomic E-state index is -0.0467. The third-order valence-corrected chi connectivity index (χ3v) is 1.98. The van der Waals surface area contributed by atoms with Gasteiger partial charge in [-0.3, -0.25) is 4.79 Å². The maximum Gasteiger partial charge on any atom is 0.239 e. The molecule has 0 unspecified atom stereocenters. The second-order valence-corrected chi connectivity index (χ2v) is 3.26. The van der Waals surface area contributed by atoms with Crippen LogP contribution in [0.1, 0.15) is 13.3 Å². The van der Waals surface area contributed by atoms with Crippen molar-refractivity contribution >= 4 is 11.7 Å². The van der Waals surface area contributed by atoms with Gasteiger partial charge in [-0.15, -0.1) is 0 Å². The lowest BCUT2D eigenvalue weighted by Crippen LogP contribution is -2.30. The lowest BCUT2D eigenvalue weighted by atomic mass is 10.4. The van der Waals surface area contributed by atoms with Crippen molar-refractivity contribution in [2.45, 2.75) is 13.3 Å². The minimum Gasteiger partial charge on any atom is -0.493 e. The first kappa shape index (κ1) is 12.3. The van der Waals surface area contributed by atoms with Crippen molar-refractivity contribution in [3.63, 3.8) is 0 Å². The fourth-order valence-corrected chi connectivity index (χ4v) is 1.18. The number of aromatic nitrogens is 1. The van der Waals surface area contributed by atoms with Gasteiger partial charge in [-0.1, -0.05) is 6.92 Å². The molecule has 0 aliphatic carbocycles. The number of carbonyl (C=O) groups is 1. The number of nitrogens with one attached hydrogen (secondary N) is 2. The molecule has 0 spiro atoms. The number of hydrogen-bond acceptors (Lipinski definition) is 4. The Bertz CT molecular complexity index is 342. The molecule has 5 heteroatoms. The first-order valence-electron chi connectivity index (χ1n) is 5.27. The van der Waals surface area contributed by atoms with E-state index < -0.39 is 0 Å². The summed E-state index contributed by atoms with van der Waals surface area (Å²) in [5, 5.41) is 5.69. The van der Waals surface area contributed by atoms with Crippen molar-refractivity contribution in [1.29, 1.82) is 0 Å². The number of methoxy groups -OCH3 is 1. The molecule has 16 heavy (non-hydrogen) atoms. The van der Waals surface area contributed by atoms with E-state index in [0.717, 1.165) is 6.42 Å². The number of anilines is 1. The zero-order chi connectivity index (χ0) is 11.8. The lowest BCUT2D eigenvalue weighted by Gasteiger charge is -2.09. The van der Waals surface area contributed by atoms with Crippen molar-refractivity contribution < 1.29 is 9.53 Å². The van der Waals surface area contributed by atoms with Crippen LogP contribution in [0.2, 0.25) is 0 Å². The van der Waals surface area contributed by atoms with E-state index in [9.17, 15) is 4.79 Å². The maximum atomic E-state index is 11.3. The van der Waals surface area contributed by atoms with Crippen LogP contribution >= 0.6 is 0 Å². The molecule has 0 atom stereocenters. The summed E-state index contributed by atoms with van der Waals surface area (Å²) in [5.41, 5.74) is 0. The molecule has 1 amide bonds. The Kier molecular flexibility index (Phi) is 5.11. The maximum absolute atomic E-state index is 11.3. The zero-order valence-electron chi connectivity index (χ0n) is 9.62. The van der Waals surface area contributed by atoms with E-state index in [1.54, 1.807) is 25.4 Å². The van der Waals surface area contributed by atoms with Gasteiger partial charge in [0.05, 0.1) is 13.7 Å². The molecule has 0 aliphatic rings. The Morgan fingerprint density at radius 2 is 2.38 bits per heavy atom. The largest absolute Gasteiger partial charge is 0.493 e. The highest BCUT2D eigenvalue weighted by atomic mass is 16.5. The van der Waals surface area contributed by atoms with E-state index >= 15 is 0 Å². The fraction of sp³-hybridized carbons (Fsp3) is 0.455. The van der Waals surface area contributed by atoms with Crippen LogP contribution < -0.4 is 15.4 Å². The van der Waals surface area contributed by atoms with Gasteiger partial charge in [0, 0.05) is 12.7 Å². The third-order valence-electron chi connectivity index (χ3n) is 1.98. The van der Waals surface area contributed by atoms with Crippen LogP contribution in [-0.2, 0) is 4.79 Å². The second-order valence-electron chi connectivity index (χ2n) is 3.26. The quantitative estimate of drug-likeness (QED) is 0.756. The standard InChI is InChI=1S/C11H17N3O2/c1-3-6-12-10(15)8-14-11-9(16-2)5-4-7-13-11/h4-5,7H,3,6,8H2,1-2H3,(H,12,15)(H,13,14). The molecule has 1 aromatic heterocycles. The van der Waals surface area contributed by atoms with Gasteiger partial charge in [0.2, 0.25) is 5.91 Å².